The molecule has 3 rings (SSSR count). The van der Waals surface area contributed by atoms with Crippen LogP contribution in [0.1, 0.15) is 6.92 Å². The lowest BCUT2D eigenvalue weighted by atomic mass is 10.2. The number of ether oxygens (including phenoxy) is 1. The molecule has 0 aliphatic heterocycles. The Morgan fingerprint density at radius 2 is 2.07 bits per heavy atom. The normalized spacial score (nSPS) is 10.6. The van der Waals surface area contributed by atoms with E-state index in [2.05, 4.69) is 22.1 Å². The fourth-order valence-corrected chi connectivity index (χ4v) is 3.93. The summed E-state index contributed by atoms with van der Waals surface area (Å²) < 4.78 is 7.62. The second kappa shape index (κ2) is 10.5. The van der Waals surface area contributed by atoms with Gasteiger partial charge in [0.1, 0.15) is 5.75 Å². The first-order chi connectivity index (χ1) is 14.5. The fraction of sp³-hybridized carbons (Fsp3) is 0.190. The van der Waals surface area contributed by atoms with E-state index in [0.29, 0.717) is 39.9 Å². The molecular formula is C21H20Cl2N4O2S. The molecule has 156 valence electrons. The second-order valence-electron chi connectivity index (χ2n) is 6.10. The maximum absolute atomic E-state index is 12.4. The number of rotatable bonds is 9. The molecule has 0 atom stereocenters. The number of anilines is 1. The summed E-state index contributed by atoms with van der Waals surface area (Å²) in [5, 5.41) is 12.9. The first-order valence-corrected chi connectivity index (χ1v) is 10.9. The number of para-hydroxylation sites is 1. The number of carbonyl (C=O) groups is 1. The average Bonchev–Trinajstić information content (AvgIpc) is 3.12. The largest absolute Gasteiger partial charge is 0.493 e. The quantitative estimate of drug-likeness (QED) is 0.332. The highest BCUT2D eigenvalue weighted by Gasteiger charge is 2.18. The van der Waals surface area contributed by atoms with Crippen molar-refractivity contribution < 1.29 is 9.53 Å². The summed E-state index contributed by atoms with van der Waals surface area (Å²) in [7, 11) is 0. The Hall–Kier alpha value is -2.48. The third-order valence-electron chi connectivity index (χ3n) is 3.99. The van der Waals surface area contributed by atoms with Gasteiger partial charge in [-0.2, -0.15) is 0 Å². The Morgan fingerprint density at radius 1 is 1.27 bits per heavy atom. The number of allylic oxidation sites excluding steroid dienone is 1. The summed E-state index contributed by atoms with van der Waals surface area (Å²) >= 11 is 13.3. The van der Waals surface area contributed by atoms with Crippen LogP contribution in [-0.4, -0.2) is 33.0 Å². The van der Waals surface area contributed by atoms with Crippen molar-refractivity contribution in [2.75, 3.05) is 17.7 Å². The van der Waals surface area contributed by atoms with Gasteiger partial charge in [0.05, 0.1) is 28.6 Å². The van der Waals surface area contributed by atoms with E-state index in [9.17, 15) is 4.79 Å². The first-order valence-electron chi connectivity index (χ1n) is 9.17. The van der Waals surface area contributed by atoms with Gasteiger partial charge in [0.2, 0.25) is 5.91 Å². The monoisotopic (exact) mass is 462 g/mol. The van der Waals surface area contributed by atoms with Crippen LogP contribution in [0.5, 0.6) is 5.75 Å². The van der Waals surface area contributed by atoms with Crippen LogP contribution in [0, 0.1) is 0 Å². The van der Waals surface area contributed by atoms with Crippen LogP contribution < -0.4 is 10.1 Å². The minimum absolute atomic E-state index is 0.140. The van der Waals surface area contributed by atoms with E-state index in [1.165, 1.54) is 11.8 Å². The molecule has 2 aromatic carbocycles. The van der Waals surface area contributed by atoms with Crippen molar-refractivity contribution >= 4 is 46.6 Å². The van der Waals surface area contributed by atoms with Crippen molar-refractivity contribution in [3.8, 4) is 17.1 Å². The van der Waals surface area contributed by atoms with Crippen molar-refractivity contribution in [2.45, 2.75) is 18.6 Å². The van der Waals surface area contributed by atoms with E-state index >= 15 is 0 Å². The number of carbonyl (C=O) groups excluding carboxylic acids is 1. The summed E-state index contributed by atoms with van der Waals surface area (Å²) in [4.78, 5) is 12.4. The van der Waals surface area contributed by atoms with Crippen molar-refractivity contribution in [1.82, 2.24) is 14.8 Å². The van der Waals surface area contributed by atoms with Gasteiger partial charge in [0.15, 0.2) is 11.0 Å². The van der Waals surface area contributed by atoms with Gasteiger partial charge in [0.25, 0.3) is 0 Å². The SMILES string of the molecule is C=CCn1c(SCC(=O)Nc2ccc(Cl)cc2Cl)nnc1-c1ccccc1OCC. The second-order valence-corrected chi connectivity index (χ2v) is 7.88. The molecule has 0 bridgehead atoms. The molecule has 9 heteroatoms. The number of benzene rings is 2. The molecule has 1 heterocycles. The molecule has 0 aliphatic carbocycles. The van der Waals surface area contributed by atoms with E-state index in [1.807, 2.05) is 35.8 Å². The van der Waals surface area contributed by atoms with Crippen molar-refractivity contribution in [3.63, 3.8) is 0 Å². The van der Waals surface area contributed by atoms with Gasteiger partial charge in [-0.15, -0.1) is 16.8 Å². The molecule has 0 spiro atoms. The third kappa shape index (κ3) is 5.36. The zero-order valence-corrected chi connectivity index (χ0v) is 18.6. The van der Waals surface area contributed by atoms with Crippen LogP contribution in [0.3, 0.4) is 0 Å². The zero-order chi connectivity index (χ0) is 21.5. The molecule has 0 fully saturated rings. The third-order valence-corrected chi connectivity index (χ3v) is 5.51. The van der Waals surface area contributed by atoms with E-state index in [0.717, 1.165) is 11.3 Å². The Balaban J connectivity index is 1.77. The van der Waals surface area contributed by atoms with Crippen LogP contribution in [0.15, 0.2) is 60.3 Å². The molecule has 1 aromatic heterocycles. The lowest BCUT2D eigenvalue weighted by Crippen LogP contribution is -2.15. The van der Waals surface area contributed by atoms with Gasteiger partial charge in [0, 0.05) is 11.6 Å². The number of thioether (sulfide) groups is 1. The number of aromatic nitrogens is 3. The Kier molecular flexibility index (Phi) is 7.79. The lowest BCUT2D eigenvalue weighted by Gasteiger charge is -2.12. The van der Waals surface area contributed by atoms with Crippen LogP contribution in [0.25, 0.3) is 11.4 Å². The average molecular weight is 463 g/mol. The Morgan fingerprint density at radius 3 is 2.80 bits per heavy atom. The molecule has 1 amide bonds. The Bertz CT molecular complexity index is 1060. The van der Waals surface area contributed by atoms with Gasteiger partial charge in [-0.3, -0.25) is 9.36 Å². The Labute approximate surface area is 189 Å². The van der Waals surface area contributed by atoms with Gasteiger partial charge < -0.3 is 10.1 Å². The number of nitrogens with zero attached hydrogens (tertiary/aromatic N) is 3. The van der Waals surface area contributed by atoms with E-state index in [-0.39, 0.29) is 11.7 Å². The topological polar surface area (TPSA) is 69.0 Å². The van der Waals surface area contributed by atoms with E-state index < -0.39 is 0 Å². The minimum atomic E-state index is -0.214. The number of amides is 1. The molecule has 0 saturated heterocycles. The van der Waals surface area contributed by atoms with Gasteiger partial charge in [-0.1, -0.05) is 53.2 Å². The highest BCUT2D eigenvalue weighted by atomic mass is 35.5. The van der Waals surface area contributed by atoms with E-state index in [4.69, 9.17) is 27.9 Å². The summed E-state index contributed by atoms with van der Waals surface area (Å²) in [5.74, 6) is 1.31. The number of halogens is 2. The summed E-state index contributed by atoms with van der Waals surface area (Å²) in [6, 6.07) is 12.6. The molecule has 0 aliphatic rings. The maximum atomic E-state index is 12.4. The molecule has 1 N–H and O–H groups in total. The van der Waals surface area contributed by atoms with Gasteiger partial charge in [-0.05, 0) is 37.3 Å². The maximum Gasteiger partial charge on any atom is 0.234 e. The number of hydrogen-bond donors (Lipinski definition) is 1. The number of nitrogens with one attached hydrogen (secondary N) is 1. The predicted molar refractivity (Wildman–Crippen MR) is 123 cm³/mol. The molecule has 0 saturated carbocycles. The van der Waals surface area contributed by atoms with Gasteiger partial charge >= 0.3 is 0 Å². The summed E-state index contributed by atoms with van der Waals surface area (Å²) in [5.41, 5.74) is 1.34. The highest BCUT2D eigenvalue weighted by Crippen LogP contribution is 2.31. The van der Waals surface area contributed by atoms with E-state index in [1.54, 1.807) is 24.3 Å². The van der Waals surface area contributed by atoms with Crippen molar-refractivity contribution in [1.29, 1.82) is 0 Å². The molecule has 0 unspecified atom stereocenters. The molecule has 3 aromatic rings. The fourth-order valence-electron chi connectivity index (χ4n) is 2.73. The van der Waals surface area contributed by atoms with Crippen LogP contribution in [0.4, 0.5) is 5.69 Å². The van der Waals surface area contributed by atoms with Crippen molar-refractivity contribution in [2.24, 2.45) is 0 Å². The van der Waals surface area contributed by atoms with Crippen LogP contribution in [-0.2, 0) is 11.3 Å². The highest BCUT2D eigenvalue weighted by molar-refractivity contribution is 7.99. The summed E-state index contributed by atoms with van der Waals surface area (Å²) in [6.45, 7) is 6.78. The smallest absolute Gasteiger partial charge is 0.234 e. The summed E-state index contributed by atoms with van der Waals surface area (Å²) in [6.07, 6.45) is 1.76. The molecular weight excluding hydrogens is 443 g/mol. The predicted octanol–water partition coefficient (Wildman–Crippen LogP) is 5.57. The first kappa shape index (κ1) is 22.2. The van der Waals surface area contributed by atoms with Crippen LogP contribution in [0.2, 0.25) is 10.0 Å². The molecule has 6 nitrogen and oxygen atoms in total. The molecule has 30 heavy (non-hydrogen) atoms. The number of hydrogen-bond acceptors (Lipinski definition) is 5. The molecule has 0 radical (unpaired) electrons. The van der Waals surface area contributed by atoms with Crippen molar-refractivity contribution in [3.05, 3.63) is 65.2 Å². The standard InChI is InChI=1S/C21H20Cl2N4O2S/c1-3-11-27-20(15-7-5-6-8-18(15)29-4-2)25-26-21(27)30-13-19(28)24-17-10-9-14(22)12-16(17)23/h3,5-10,12H,1,4,11,13H2,2H3,(H,24,28). The lowest BCUT2D eigenvalue weighted by molar-refractivity contribution is -0.113. The zero-order valence-electron chi connectivity index (χ0n) is 16.3. The minimum Gasteiger partial charge on any atom is -0.493 e. The van der Waals surface area contributed by atoms with Gasteiger partial charge in [-0.25, -0.2) is 0 Å². The van der Waals surface area contributed by atoms with Crippen LogP contribution >= 0.6 is 35.0 Å².